The molecule has 0 spiro atoms. The molecule has 1 aliphatic rings. The van der Waals surface area contributed by atoms with Gasteiger partial charge in [0.15, 0.2) is 0 Å². The molecule has 1 N–H and O–H groups in total. The van der Waals surface area contributed by atoms with Gasteiger partial charge in [-0.25, -0.2) is 4.79 Å². The van der Waals surface area contributed by atoms with E-state index in [0.29, 0.717) is 39.2 Å². The van der Waals surface area contributed by atoms with E-state index >= 15 is 0 Å². The molecule has 1 aromatic rings. The Morgan fingerprint density at radius 2 is 1.63 bits per heavy atom. The maximum Gasteiger partial charge on any atom is 0.409 e. The predicted octanol–water partition coefficient (Wildman–Crippen LogP) is 1.77. The number of piperazine rings is 1. The van der Waals surface area contributed by atoms with Gasteiger partial charge in [0.1, 0.15) is 0 Å². The van der Waals surface area contributed by atoms with Crippen LogP contribution >= 0.6 is 0 Å². The second-order valence-electron chi connectivity index (χ2n) is 7.27. The van der Waals surface area contributed by atoms with Gasteiger partial charge in [-0.15, -0.1) is 0 Å². The Hall–Kier alpha value is -2.57. The topological polar surface area (TPSA) is 79.0 Å². The monoisotopic (exact) mass is 375 g/mol. The number of carbonyl (C=O) groups is 3. The van der Waals surface area contributed by atoms with Crippen LogP contribution < -0.4 is 5.32 Å². The van der Waals surface area contributed by atoms with Crippen LogP contribution in [0.3, 0.4) is 0 Å². The Kier molecular flexibility index (Phi) is 7.21. The summed E-state index contributed by atoms with van der Waals surface area (Å²) in [6, 6.07) is 9.85. The van der Waals surface area contributed by atoms with Gasteiger partial charge in [-0.1, -0.05) is 44.2 Å². The minimum atomic E-state index is -0.346. The van der Waals surface area contributed by atoms with Crippen molar-refractivity contribution in [3.05, 3.63) is 35.9 Å². The molecule has 7 heteroatoms. The van der Waals surface area contributed by atoms with Crippen molar-refractivity contribution in [2.75, 3.05) is 39.3 Å². The van der Waals surface area contributed by atoms with E-state index in [1.807, 2.05) is 44.2 Å². The summed E-state index contributed by atoms with van der Waals surface area (Å²) in [6.45, 7) is 7.88. The Morgan fingerprint density at radius 3 is 2.22 bits per heavy atom. The van der Waals surface area contributed by atoms with Crippen molar-refractivity contribution in [3.8, 4) is 0 Å². The first-order valence-corrected chi connectivity index (χ1v) is 9.35. The third-order valence-electron chi connectivity index (χ3n) is 4.75. The Morgan fingerprint density at radius 1 is 1.04 bits per heavy atom. The molecule has 0 radical (unpaired) electrons. The molecule has 1 aromatic carbocycles. The highest BCUT2D eigenvalue weighted by molar-refractivity contribution is 5.85. The molecule has 0 saturated carbocycles. The number of benzene rings is 1. The molecular formula is C20H29N3O4. The number of hydrogen-bond donors (Lipinski definition) is 1. The van der Waals surface area contributed by atoms with Crippen LogP contribution in [0.5, 0.6) is 0 Å². The number of amides is 3. The fourth-order valence-corrected chi connectivity index (χ4v) is 3.09. The number of nitrogens with one attached hydrogen (secondary N) is 1. The minimum Gasteiger partial charge on any atom is -0.450 e. The van der Waals surface area contributed by atoms with Gasteiger partial charge in [-0.3, -0.25) is 9.59 Å². The highest BCUT2D eigenvalue weighted by Crippen LogP contribution is 2.26. The summed E-state index contributed by atoms with van der Waals surface area (Å²) in [5, 5.41) is 2.72. The standard InChI is InChI=1S/C20H29N3O4/c1-4-27-19(26)23-12-10-22(11-13-23)18(25)15-21-17(24)14-20(2,3)16-8-6-5-7-9-16/h5-9H,4,10-15H2,1-3H3,(H,21,24). The van der Waals surface area contributed by atoms with Gasteiger partial charge in [0.05, 0.1) is 13.2 Å². The van der Waals surface area contributed by atoms with Crippen molar-refractivity contribution in [3.63, 3.8) is 0 Å². The van der Waals surface area contributed by atoms with Crippen LogP contribution in [-0.4, -0.2) is 67.0 Å². The fraction of sp³-hybridized carbons (Fsp3) is 0.550. The van der Waals surface area contributed by atoms with Gasteiger partial charge in [-0.2, -0.15) is 0 Å². The predicted molar refractivity (Wildman–Crippen MR) is 102 cm³/mol. The molecule has 148 valence electrons. The molecule has 2 rings (SSSR count). The Balaban J connectivity index is 1.76. The van der Waals surface area contributed by atoms with E-state index in [9.17, 15) is 14.4 Å². The normalized spacial score (nSPS) is 14.6. The van der Waals surface area contributed by atoms with Crippen LogP contribution in [-0.2, 0) is 19.7 Å². The summed E-state index contributed by atoms with van der Waals surface area (Å²) in [6.07, 6.45) is -0.0398. The first-order chi connectivity index (χ1) is 12.8. The van der Waals surface area contributed by atoms with Crippen molar-refractivity contribution in [1.82, 2.24) is 15.1 Å². The molecule has 0 bridgehead atoms. The SMILES string of the molecule is CCOC(=O)N1CCN(C(=O)CNC(=O)CC(C)(C)c2ccccc2)CC1. The largest absolute Gasteiger partial charge is 0.450 e. The maximum atomic E-state index is 12.3. The molecule has 0 atom stereocenters. The Labute approximate surface area is 160 Å². The molecule has 27 heavy (non-hydrogen) atoms. The molecule has 1 heterocycles. The molecule has 1 saturated heterocycles. The van der Waals surface area contributed by atoms with Gasteiger partial charge < -0.3 is 19.9 Å². The Bertz CT molecular complexity index is 652. The molecular weight excluding hydrogens is 346 g/mol. The summed E-state index contributed by atoms with van der Waals surface area (Å²) >= 11 is 0. The van der Waals surface area contributed by atoms with E-state index in [1.165, 1.54) is 0 Å². The first-order valence-electron chi connectivity index (χ1n) is 9.35. The summed E-state index contributed by atoms with van der Waals surface area (Å²) < 4.78 is 4.97. The number of nitrogens with zero attached hydrogens (tertiary/aromatic N) is 2. The van der Waals surface area contributed by atoms with Gasteiger partial charge in [0, 0.05) is 32.6 Å². The van der Waals surface area contributed by atoms with Crippen molar-refractivity contribution in [1.29, 1.82) is 0 Å². The summed E-state index contributed by atoms with van der Waals surface area (Å²) in [7, 11) is 0. The quantitative estimate of drug-likeness (QED) is 0.822. The minimum absolute atomic E-state index is 0.0247. The average molecular weight is 375 g/mol. The second kappa shape index (κ2) is 9.39. The van der Waals surface area contributed by atoms with E-state index in [0.717, 1.165) is 5.56 Å². The van der Waals surface area contributed by atoms with Crippen molar-refractivity contribution < 1.29 is 19.1 Å². The highest BCUT2D eigenvalue weighted by atomic mass is 16.6. The first kappa shape index (κ1) is 20.7. The van der Waals surface area contributed by atoms with E-state index < -0.39 is 0 Å². The molecule has 0 aliphatic carbocycles. The second-order valence-corrected chi connectivity index (χ2v) is 7.27. The van der Waals surface area contributed by atoms with E-state index in [-0.39, 0.29) is 29.9 Å². The zero-order valence-corrected chi connectivity index (χ0v) is 16.4. The highest BCUT2D eigenvalue weighted by Gasteiger charge is 2.27. The van der Waals surface area contributed by atoms with E-state index in [2.05, 4.69) is 5.32 Å². The van der Waals surface area contributed by atoms with Crippen molar-refractivity contribution >= 4 is 17.9 Å². The molecule has 7 nitrogen and oxygen atoms in total. The lowest BCUT2D eigenvalue weighted by Crippen LogP contribution is -2.52. The van der Waals surface area contributed by atoms with E-state index in [1.54, 1.807) is 16.7 Å². The lowest BCUT2D eigenvalue weighted by Gasteiger charge is -2.34. The van der Waals surface area contributed by atoms with Crippen LogP contribution in [0, 0.1) is 0 Å². The summed E-state index contributed by atoms with van der Waals surface area (Å²) in [5.41, 5.74) is 0.779. The van der Waals surface area contributed by atoms with Crippen LogP contribution in [0.2, 0.25) is 0 Å². The smallest absolute Gasteiger partial charge is 0.409 e. The van der Waals surface area contributed by atoms with Gasteiger partial charge in [0.2, 0.25) is 11.8 Å². The molecule has 1 fully saturated rings. The zero-order valence-electron chi connectivity index (χ0n) is 16.4. The molecule has 1 aliphatic heterocycles. The molecule has 0 aromatic heterocycles. The zero-order chi connectivity index (χ0) is 19.9. The average Bonchev–Trinajstić information content (AvgIpc) is 2.67. The number of hydrogen-bond acceptors (Lipinski definition) is 4. The van der Waals surface area contributed by atoms with Crippen molar-refractivity contribution in [2.24, 2.45) is 0 Å². The number of carbonyl (C=O) groups excluding carboxylic acids is 3. The van der Waals surface area contributed by atoms with Crippen LogP contribution in [0.25, 0.3) is 0 Å². The van der Waals surface area contributed by atoms with E-state index in [4.69, 9.17) is 4.74 Å². The third-order valence-corrected chi connectivity index (χ3v) is 4.75. The molecule has 3 amide bonds. The van der Waals surface area contributed by atoms with Crippen LogP contribution in [0.1, 0.15) is 32.8 Å². The van der Waals surface area contributed by atoms with Gasteiger partial charge in [0.25, 0.3) is 0 Å². The lowest BCUT2D eigenvalue weighted by molar-refractivity contribution is -0.134. The summed E-state index contributed by atoms with van der Waals surface area (Å²) in [4.78, 5) is 39.5. The third kappa shape index (κ3) is 5.98. The lowest BCUT2D eigenvalue weighted by atomic mass is 9.81. The summed E-state index contributed by atoms with van der Waals surface area (Å²) in [5.74, 6) is -0.285. The van der Waals surface area contributed by atoms with Crippen LogP contribution in [0.4, 0.5) is 4.79 Å². The van der Waals surface area contributed by atoms with Crippen molar-refractivity contribution in [2.45, 2.75) is 32.6 Å². The molecule has 0 unspecified atom stereocenters. The van der Waals surface area contributed by atoms with Gasteiger partial charge in [-0.05, 0) is 17.9 Å². The van der Waals surface area contributed by atoms with Crippen LogP contribution in [0.15, 0.2) is 30.3 Å². The number of ether oxygens (including phenoxy) is 1. The van der Waals surface area contributed by atoms with Gasteiger partial charge >= 0.3 is 6.09 Å². The number of rotatable bonds is 6. The fourth-order valence-electron chi connectivity index (χ4n) is 3.09. The maximum absolute atomic E-state index is 12.3.